The Morgan fingerprint density at radius 3 is 2.62 bits per heavy atom. The van der Waals surface area contributed by atoms with Crippen LogP contribution in [-0.4, -0.2) is 22.1 Å². The zero-order valence-electron chi connectivity index (χ0n) is 14.8. The molecular weight excluding hydrogens is 332 g/mol. The van der Waals surface area contributed by atoms with Gasteiger partial charge in [-0.15, -0.1) is 0 Å². The molecule has 0 amide bonds. The van der Waals surface area contributed by atoms with Gasteiger partial charge in [0.2, 0.25) is 0 Å². The number of nitrogens with zero attached hydrogens (tertiary/aromatic N) is 2. The molecule has 0 N–H and O–H groups in total. The Bertz CT molecular complexity index is 995. The van der Waals surface area contributed by atoms with Crippen LogP contribution in [0.2, 0.25) is 0 Å². The second kappa shape index (κ2) is 7.82. The van der Waals surface area contributed by atoms with Gasteiger partial charge in [-0.05, 0) is 30.7 Å². The minimum Gasteiger partial charge on any atom is -0.485 e. The highest BCUT2D eigenvalue weighted by Gasteiger charge is 2.12. The molecule has 0 spiro atoms. The van der Waals surface area contributed by atoms with Crippen molar-refractivity contribution < 1.29 is 14.3 Å². The minimum atomic E-state index is -0.385. The lowest BCUT2D eigenvalue weighted by Crippen LogP contribution is -2.28. The SMILES string of the molecule is CC(=O)OCCn1c(COc2ccccc2C)nc2ccccc2c1=O. The van der Waals surface area contributed by atoms with Crippen molar-refractivity contribution >= 4 is 16.9 Å². The lowest BCUT2D eigenvalue weighted by atomic mass is 10.2. The lowest BCUT2D eigenvalue weighted by molar-refractivity contribution is -0.141. The summed E-state index contributed by atoms with van der Waals surface area (Å²) in [6.45, 7) is 3.76. The number of benzene rings is 2. The van der Waals surface area contributed by atoms with Gasteiger partial charge in [0.05, 0.1) is 17.4 Å². The first-order valence-electron chi connectivity index (χ1n) is 8.36. The van der Waals surface area contributed by atoms with Gasteiger partial charge in [-0.1, -0.05) is 30.3 Å². The molecule has 0 aliphatic heterocycles. The van der Waals surface area contributed by atoms with Crippen LogP contribution in [0.25, 0.3) is 10.9 Å². The van der Waals surface area contributed by atoms with Gasteiger partial charge in [-0.3, -0.25) is 14.2 Å². The molecule has 2 aromatic carbocycles. The largest absolute Gasteiger partial charge is 0.485 e. The number of aryl methyl sites for hydroxylation is 1. The van der Waals surface area contributed by atoms with Crippen molar-refractivity contribution in [1.29, 1.82) is 0 Å². The number of aromatic nitrogens is 2. The van der Waals surface area contributed by atoms with Gasteiger partial charge in [0, 0.05) is 6.92 Å². The summed E-state index contributed by atoms with van der Waals surface area (Å²) in [6.07, 6.45) is 0. The van der Waals surface area contributed by atoms with Crippen LogP contribution in [0.1, 0.15) is 18.3 Å². The van der Waals surface area contributed by atoms with Crippen LogP contribution in [-0.2, 0) is 22.7 Å². The molecule has 0 fully saturated rings. The summed E-state index contributed by atoms with van der Waals surface area (Å²) in [7, 11) is 0. The number of fused-ring (bicyclic) bond motifs is 1. The van der Waals surface area contributed by atoms with E-state index in [0.29, 0.717) is 16.7 Å². The normalized spacial score (nSPS) is 10.7. The molecular formula is C20H20N2O4. The fraction of sp³-hybridized carbons (Fsp3) is 0.250. The van der Waals surface area contributed by atoms with E-state index < -0.39 is 0 Å². The second-order valence-electron chi connectivity index (χ2n) is 5.90. The van der Waals surface area contributed by atoms with E-state index in [9.17, 15) is 9.59 Å². The minimum absolute atomic E-state index is 0.104. The Morgan fingerprint density at radius 1 is 1.12 bits per heavy atom. The maximum atomic E-state index is 12.8. The standard InChI is InChI=1S/C20H20N2O4/c1-14-7-3-6-10-18(14)26-13-19-21-17-9-5-4-8-16(17)20(24)22(19)11-12-25-15(2)23/h3-10H,11-13H2,1-2H3. The topological polar surface area (TPSA) is 70.4 Å². The van der Waals surface area contributed by atoms with Gasteiger partial charge in [0.1, 0.15) is 24.8 Å². The molecule has 6 heteroatoms. The zero-order chi connectivity index (χ0) is 18.5. The predicted molar refractivity (Wildman–Crippen MR) is 98.1 cm³/mol. The average Bonchev–Trinajstić information content (AvgIpc) is 2.63. The quantitative estimate of drug-likeness (QED) is 0.638. The van der Waals surface area contributed by atoms with E-state index in [2.05, 4.69) is 4.98 Å². The van der Waals surface area contributed by atoms with Crippen LogP contribution in [0.4, 0.5) is 0 Å². The summed E-state index contributed by atoms with van der Waals surface area (Å²) >= 11 is 0. The molecule has 0 saturated heterocycles. The fourth-order valence-electron chi connectivity index (χ4n) is 2.70. The number of esters is 1. The van der Waals surface area contributed by atoms with E-state index in [1.807, 2.05) is 37.3 Å². The van der Waals surface area contributed by atoms with Crippen molar-refractivity contribution in [3.05, 3.63) is 70.3 Å². The molecule has 26 heavy (non-hydrogen) atoms. The number of carbonyl (C=O) groups excluding carboxylic acids is 1. The summed E-state index contributed by atoms with van der Waals surface area (Å²) in [5.41, 5.74) is 1.44. The summed E-state index contributed by atoms with van der Waals surface area (Å²) < 4.78 is 12.4. The van der Waals surface area contributed by atoms with Crippen molar-refractivity contribution in [2.45, 2.75) is 27.0 Å². The molecule has 134 valence electrons. The molecule has 6 nitrogen and oxygen atoms in total. The Balaban J connectivity index is 1.94. The van der Waals surface area contributed by atoms with Crippen LogP contribution < -0.4 is 10.3 Å². The monoisotopic (exact) mass is 352 g/mol. The number of carbonyl (C=O) groups is 1. The zero-order valence-corrected chi connectivity index (χ0v) is 14.8. The molecule has 3 aromatic rings. The molecule has 0 bridgehead atoms. The predicted octanol–water partition coefficient (Wildman–Crippen LogP) is 2.85. The summed E-state index contributed by atoms with van der Waals surface area (Å²) in [4.78, 5) is 28.4. The first kappa shape index (κ1) is 17.7. The maximum absolute atomic E-state index is 12.8. The number of rotatable bonds is 6. The number of hydrogen-bond acceptors (Lipinski definition) is 5. The lowest BCUT2D eigenvalue weighted by Gasteiger charge is -2.15. The van der Waals surface area contributed by atoms with Gasteiger partial charge in [-0.25, -0.2) is 4.98 Å². The van der Waals surface area contributed by atoms with Crippen molar-refractivity contribution in [2.75, 3.05) is 6.61 Å². The maximum Gasteiger partial charge on any atom is 0.302 e. The van der Waals surface area contributed by atoms with Gasteiger partial charge >= 0.3 is 5.97 Å². The molecule has 1 aromatic heterocycles. The fourth-order valence-corrected chi connectivity index (χ4v) is 2.70. The van der Waals surface area contributed by atoms with Crippen molar-refractivity contribution in [2.24, 2.45) is 0 Å². The van der Waals surface area contributed by atoms with Crippen LogP contribution in [0.15, 0.2) is 53.3 Å². The molecule has 0 saturated carbocycles. The average molecular weight is 352 g/mol. The Kier molecular flexibility index (Phi) is 5.31. The van der Waals surface area contributed by atoms with Gasteiger partial charge < -0.3 is 9.47 Å². The van der Waals surface area contributed by atoms with Crippen LogP contribution >= 0.6 is 0 Å². The van der Waals surface area contributed by atoms with Gasteiger partial charge in [0.15, 0.2) is 0 Å². The first-order valence-corrected chi connectivity index (χ1v) is 8.36. The smallest absolute Gasteiger partial charge is 0.302 e. The molecule has 0 unspecified atom stereocenters. The van der Waals surface area contributed by atoms with E-state index in [4.69, 9.17) is 9.47 Å². The molecule has 1 heterocycles. The van der Waals surface area contributed by atoms with Crippen LogP contribution in [0.3, 0.4) is 0 Å². The second-order valence-corrected chi connectivity index (χ2v) is 5.90. The van der Waals surface area contributed by atoms with Crippen molar-refractivity contribution in [3.8, 4) is 5.75 Å². The highest BCUT2D eigenvalue weighted by atomic mass is 16.5. The number of ether oxygens (including phenoxy) is 2. The van der Waals surface area contributed by atoms with E-state index in [1.165, 1.54) is 11.5 Å². The van der Waals surface area contributed by atoms with Gasteiger partial charge in [0.25, 0.3) is 5.56 Å². The third-order valence-electron chi connectivity index (χ3n) is 4.01. The van der Waals surface area contributed by atoms with E-state index >= 15 is 0 Å². The Morgan fingerprint density at radius 2 is 1.85 bits per heavy atom. The highest BCUT2D eigenvalue weighted by Crippen LogP contribution is 2.18. The Labute approximate surface area is 151 Å². The highest BCUT2D eigenvalue weighted by molar-refractivity contribution is 5.77. The van der Waals surface area contributed by atoms with Gasteiger partial charge in [-0.2, -0.15) is 0 Å². The molecule has 0 radical (unpaired) electrons. The van der Waals surface area contributed by atoms with Crippen molar-refractivity contribution in [3.63, 3.8) is 0 Å². The van der Waals surface area contributed by atoms with Crippen LogP contribution in [0, 0.1) is 6.92 Å². The third kappa shape index (κ3) is 3.91. The van der Waals surface area contributed by atoms with E-state index in [-0.39, 0.29) is 31.3 Å². The van der Waals surface area contributed by atoms with Crippen LogP contribution in [0.5, 0.6) is 5.75 Å². The number of para-hydroxylation sites is 2. The van der Waals surface area contributed by atoms with Crippen molar-refractivity contribution in [1.82, 2.24) is 9.55 Å². The molecule has 0 atom stereocenters. The molecule has 0 aliphatic carbocycles. The third-order valence-corrected chi connectivity index (χ3v) is 4.01. The summed E-state index contributed by atoms with van der Waals surface area (Å²) in [5.74, 6) is 0.843. The first-order chi connectivity index (χ1) is 12.6. The van der Waals surface area contributed by atoms with E-state index in [0.717, 1.165) is 11.3 Å². The summed E-state index contributed by atoms with van der Waals surface area (Å²) in [5, 5.41) is 0.523. The number of hydrogen-bond donors (Lipinski definition) is 0. The van der Waals surface area contributed by atoms with E-state index in [1.54, 1.807) is 18.2 Å². The Hall–Kier alpha value is -3.15. The molecule has 0 aliphatic rings. The summed E-state index contributed by atoms with van der Waals surface area (Å²) in [6, 6.07) is 14.8. The molecule has 3 rings (SSSR count).